The number of halogens is 2. The summed E-state index contributed by atoms with van der Waals surface area (Å²) in [5.74, 6) is -1.34. The van der Waals surface area contributed by atoms with Crippen LogP contribution in [0.3, 0.4) is 0 Å². The van der Waals surface area contributed by atoms with Crippen molar-refractivity contribution in [3.05, 3.63) is 59.0 Å². The number of aromatic nitrogens is 1. The second-order valence-corrected chi connectivity index (χ2v) is 8.58. The van der Waals surface area contributed by atoms with Gasteiger partial charge in [0.1, 0.15) is 11.6 Å². The third-order valence-electron chi connectivity index (χ3n) is 3.43. The van der Waals surface area contributed by atoms with E-state index in [1.54, 1.807) is 24.3 Å². The average Bonchev–Trinajstić information content (AvgIpc) is 2.90. The predicted octanol–water partition coefficient (Wildman–Crippen LogP) is 4.51. The Hall–Kier alpha value is -2.52. The summed E-state index contributed by atoms with van der Waals surface area (Å²) in [5, 5.41) is 3.32. The summed E-state index contributed by atoms with van der Waals surface area (Å²) in [6.07, 6.45) is 1.08. The Kier molecular flexibility index (Phi) is 4.92. The quantitative estimate of drug-likeness (QED) is 0.667. The van der Waals surface area contributed by atoms with Gasteiger partial charge in [0.05, 0.1) is 17.6 Å². The number of thiazole rings is 1. The van der Waals surface area contributed by atoms with Gasteiger partial charge in [0.25, 0.3) is 0 Å². The molecule has 0 unspecified atom stereocenters. The number of aryl methyl sites for hydroxylation is 1. The molecule has 0 spiro atoms. The molecule has 136 valence electrons. The standard InChI is InChI=1S/C17H15F2N3O2S2/c1-10-16(11-3-6-13(7-4-11)22-26(2,23)24)21-17(25-10)20-15-8-5-12(18)9-14(15)19/h3-9,22H,1-2H3,(H,20,21). The lowest BCUT2D eigenvalue weighted by Crippen LogP contribution is -2.09. The van der Waals surface area contributed by atoms with Crippen LogP contribution in [-0.2, 0) is 10.0 Å². The van der Waals surface area contributed by atoms with E-state index in [4.69, 9.17) is 0 Å². The molecule has 5 nitrogen and oxygen atoms in total. The monoisotopic (exact) mass is 395 g/mol. The fraction of sp³-hybridized carbons (Fsp3) is 0.118. The second kappa shape index (κ2) is 7.00. The SMILES string of the molecule is Cc1sc(Nc2ccc(F)cc2F)nc1-c1ccc(NS(C)(=O)=O)cc1. The lowest BCUT2D eigenvalue weighted by atomic mass is 10.1. The number of nitrogens with one attached hydrogen (secondary N) is 2. The summed E-state index contributed by atoms with van der Waals surface area (Å²) in [6, 6.07) is 10.1. The molecule has 1 heterocycles. The zero-order valence-electron chi connectivity index (χ0n) is 13.9. The highest BCUT2D eigenvalue weighted by Crippen LogP contribution is 2.33. The zero-order chi connectivity index (χ0) is 18.9. The van der Waals surface area contributed by atoms with E-state index in [0.29, 0.717) is 16.5 Å². The van der Waals surface area contributed by atoms with Crippen molar-refractivity contribution in [1.82, 2.24) is 4.98 Å². The molecule has 3 aromatic rings. The molecule has 0 aliphatic rings. The predicted molar refractivity (Wildman–Crippen MR) is 100 cm³/mol. The van der Waals surface area contributed by atoms with E-state index < -0.39 is 21.7 Å². The summed E-state index contributed by atoms with van der Waals surface area (Å²) < 4.78 is 51.6. The Balaban J connectivity index is 1.84. The van der Waals surface area contributed by atoms with Crippen LogP contribution in [-0.4, -0.2) is 19.7 Å². The molecule has 0 atom stereocenters. The molecule has 26 heavy (non-hydrogen) atoms. The maximum absolute atomic E-state index is 13.8. The van der Waals surface area contributed by atoms with E-state index in [1.165, 1.54) is 23.5 Å². The van der Waals surface area contributed by atoms with E-state index in [-0.39, 0.29) is 5.69 Å². The van der Waals surface area contributed by atoms with E-state index >= 15 is 0 Å². The normalized spacial score (nSPS) is 11.4. The molecule has 0 radical (unpaired) electrons. The maximum atomic E-state index is 13.8. The van der Waals surface area contributed by atoms with Crippen molar-refractivity contribution in [2.75, 3.05) is 16.3 Å². The Bertz CT molecular complexity index is 1050. The highest BCUT2D eigenvalue weighted by atomic mass is 32.2. The molecular weight excluding hydrogens is 380 g/mol. The molecule has 3 rings (SSSR count). The van der Waals surface area contributed by atoms with Crippen LogP contribution < -0.4 is 10.0 Å². The van der Waals surface area contributed by atoms with Gasteiger partial charge in [0, 0.05) is 22.2 Å². The van der Waals surface area contributed by atoms with Gasteiger partial charge >= 0.3 is 0 Å². The minimum atomic E-state index is -3.34. The van der Waals surface area contributed by atoms with Crippen molar-refractivity contribution >= 4 is 37.9 Å². The zero-order valence-corrected chi connectivity index (χ0v) is 15.5. The Morgan fingerprint density at radius 3 is 2.38 bits per heavy atom. The summed E-state index contributed by atoms with van der Waals surface area (Å²) >= 11 is 1.34. The minimum absolute atomic E-state index is 0.138. The van der Waals surface area contributed by atoms with Crippen LogP contribution in [0.4, 0.5) is 25.3 Å². The molecule has 2 N–H and O–H groups in total. The smallest absolute Gasteiger partial charge is 0.229 e. The van der Waals surface area contributed by atoms with Crippen molar-refractivity contribution in [3.8, 4) is 11.3 Å². The summed E-state index contributed by atoms with van der Waals surface area (Å²) in [7, 11) is -3.34. The van der Waals surface area contributed by atoms with Crippen molar-refractivity contribution in [2.45, 2.75) is 6.92 Å². The van der Waals surface area contributed by atoms with Gasteiger partial charge in [-0.05, 0) is 31.2 Å². The molecule has 0 saturated heterocycles. The average molecular weight is 395 g/mol. The van der Waals surface area contributed by atoms with Crippen molar-refractivity contribution < 1.29 is 17.2 Å². The van der Waals surface area contributed by atoms with Gasteiger partial charge in [0.2, 0.25) is 10.0 Å². The molecular formula is C17H15F2N3O2S2. The van der Waals surface area contributed by atoms with Crippen molar-refractivity contribution in [1.29, 1.82) is 0 Å². The number of anilines is 3. The largest absolute Gasteiger partial charge is 0.329 e. The highest BCUT2D eigenvalue weighted by Gasteiger charge is 2.12. The van der Waals surface area contributed by atoms with Gasteiger partial charge in [-0.2, -0.15) is 0 Å². The van der Waals surface area contributed by atoms with Crippen LogP contribution in [0.25, 0.3) is 11.3 Å². The summed E-state index contributed by atoms with van der Waals surface area (Å²) in [6.45, 7) is 1.88. The molecule has 9 heteroatoms. The third kappa shape index (κ3) is 4.36. The maximum Gasteiger partial charge on any atom is 0.229 e. The highest BCUT2D eigenvalue weighted by molar-refractivity contribution is 7.92. The van der Waals surface area contributed by atoms with Gasteiger partial charge in [-0.1, -0.05) is 12.1 Å². The van der Waals surface area contributed by atoms with Crippen LogP contribution in [0, 0.1) is 18.6 Å². The first-order valence-corrected chi connectivity index (χ1v) is 10.2. The van der Waals surface area contributed by atoms with Gasteiger partial charge in [0.15, 0.2) is 5.13 Å². The Morgan fingerprint density at radius 2 is 1.77 bits per heavy atom. The second-order valence-electron chi connectivity index (χ2n) is 5.62. The van der Waals surface area contributed by atoms with E-state index in [0.717, 1.165) is 22.8 Å². The van der Waals surface area contributed by atoms with Gasteiger partial charge in [-0.25, -0.2) is 22.2 Å². The lowest BCUT2D eigenvalue weighted by Gasteiger charge is -2.05. The Morgan fingerprint density at radius 1 is 1.08 bits per heavy atom. The topological polar surface area (TPSA) is 71.1 Å². The summed E-state index contributed by atoms with van der Waals surface area (Å²) in [5.41, 5.74) is 2.09. The van der Waals surface area contributed by atoms with Crippen LogP contribution in [0.15, 0.2) is 42.5 Å². The van der Waals surface area contributed by atoms with Gasteiger partial charge in [-0.3, -0.25) is 4.72 Å². The number of rotatable bonds is 5. The Labute approximate surface area is 153 Å². The first-order chi connectivity index (χ1) is 12.2. The van der Waals surface area contributed by atoms with E-state index in [2.05, 4.69) is 15.0 Å². The molecule has 0 bridgehead atoms. The number of benzene rings is 2. The van der Waals surface area contributed by atoms with Gasteiger partial charge in [-0.15, -0.1) is 11.3 Å². The van der Waals surface area contributed by atoms with Crippen molar-refractivity contribution in [3.63, 3.8) is 0 Å². The third-order valence-corrected chi connectivity index (χ3v) is 4.92. The van der Waals surface area contributed by atoms with Crippen LogP contribution in [0.5, 0.6) is 0 Å². The fourth-order valence-electron chi connectivity index (χ4n) is 2.33. The lowest BCUT2D eigenvalue weighted by molar-refractivity contribution is 0.586. The van der Waals surface area contributed by atoms with E-state index in [1.807, 2.05) is 6.92 Å². The van der Waals surface area contributed by atoms with Gasteiger partial charge < -0.3 is 5.32 Å². The minimum Gasteiger partial charge on any atom is -0.329 e. The first-order valence-electron chi connectivity index (χ1n) is 7.49. The van der Waals surface area contributed by atoms with Crippen LogP contribution in [0.2, 0.25) is 0 Å². The molecule has 0 saturated carbocycles. The molecule has 0 fully saturated rings. The van der Waals surface area contributed by atoms with Crippen LogP contribution >= 0.6 is 11.3 Å². The first kappa shape index (κ1) is 18.3. The van der Waals surface area contributed by atoms with Crippen LogP contribution in [0.1, 0.15) is 4.88 Å². The number of nitrogens with zero attached hydrogens (tertiary/aromatic N) is 1. The van der Waals surface area contributed by atoms with Crippen molar-refractivity contribution in [2.24, 2.45) is 0 Å². The summed E-state index contributed by atoms with van der Waals surface area (Å²) in [4.78, 5) is 5.35. The molecule has 0 aliphatic heterocycles. The molecule has 0 amide bonds. The number of sulfonamides is 1. The van der Waals surface area contributed by atoms with E-state index in [9.17, 15) is 17.2 Å². The molecule has 2 aromatic carbocycles. The molecule has 1 aromatic heterocycles. The number of hydrogen-bond acceptors (Lipinski definition) is 5. The fourth-order valence-corrected chi connectivity index (χ4v) is 3.75. The number of hydrogen-bond donors (Lipinski definition) is 2. The molecule has 0 aliphatic carbocycles.